The number of nitrogens with zero attached hydrogens (tertiary/aromatic N) is 3. The van der Waals surface area contributed by atoms with Crippen LogP contribution in [0.5, 0.6) is 5.88 Å². The Morgan fingerprint density at radius 3 is 2.48 bits per heavy atom. The van der Waals surface area contributed by atoms with Crippen LogP contribution in [0.3, 0.4) is 0 Å². The molecule has 0 radical (unpaired) electrons. The second-order valence-corrected chi connectivity index (χ2v) is 12.1. The zero-order chi connectivity index (χ0) is 24.0. The van der Waals surface area contributed by atoms with Gasteiger partial charge in [0.05, 0.1) is 28.4 Å². The lowest BCUT2D eigenvalue weighted by Crippen LogP contribution is -2.33. The first kappa shape index (κ1) is 23.9. The maximum Gasteiger partial charge on any atom is 0.221 e. The van der Waals surface area contributed by atoms with Crippen LogP contribution in [0.1, 0.15) is 51.5 Å². The molecule has 4 rings (SSSR count). The molecule has 0 N–H and O–H groups in total. The molecule has 1 saturated carbocycles. The van der Waals surface area contributed by atoms with Gasteiger partial charge in [0.2, 0.25) is 5.88 Å². The van der Waals surface area contributed by atoms with E-state index in [1.807, 2.05) is 6.92 Å². The summed E-state index contributed by atoms with van der Waals surface area (Å²) >= 11 is 0. The van der Waals surface area contributed by atoms with Gasteiger partial charge in [0, 0.05) is 13.3 Å². The van der Waals surface area contributed by atoms with Crippen molar-refractivity contribution in [3.05, 3.63) is 35.9 Å². The molecule has 2 aromatic rings. The Bertz CT molecular complexity index is 1140. The first-order valence-corrected chi connectivity index (χ1v) is 13.1. The number of ether oxygens (including phenoxy) is 2. The topological polar surface area (TPSA) is 81.6 Å². The molecule has 1 aromatic heterocycles. The quantitative estimate of drug-likeness (QED) is 0.622. The molecule has 1 aliphatic carbocycles. The normalized spacial score (nSPS) is 24.7. The molecule has 1 aliphatic heterocycles. The van der Waals surface area contributed by atoms with Crippen LogP contribution in [-0.4, -0.2) is 50.0 Å². The Balaban J connectivity index is 1.48. The Labute approximate surface area is 195 Å². The molecule has 1 saturated heterocycles. The summed E-state index contributed by atoms with van der Waals surface area (Å²) in [5, 5.41) is 0. The Kier molecular flexibility index (Phi) is 6.16. The molecule has 2 aliphatic rings. The van der Waals surface area contributed by atoms with E-state index in [1.54, 1.807) is 11.9 Å². The van der Waals surface area contributed by atoms with Crippen molar-refractivity contribution in [3.63, 3.8) is 0 Å². The van der Waals surface area contributed by atoms with Gasteiger partial charge in [-0.3, -0.25) is 0 Å². The highest BCUT2D eigenvalue weighted by atomic mass is 32.2. The first-order valence-electron chi connectivity index (χ1n) is 11.2. The fourth-order valence-corrected chi connectivity index (χ4v) is 5.77. The molecule has 7 nitrogen and oxygen atoms in total. The number of aromatic nitrogens is 2. The van der Waals surface area contributed by atoms with Crippen LogP contribution in [0.4, 0.5) is 15.9 Å². The van der Waals surface area contributed by atoms with E-state index in [-0.39, 0.29) is 27.7 Å². The molecule has 0 unspecified atom stereocenters. The number of halogens is 1. The number of hydrogen-bond acceptors (Lipinski definition) is 7. The zero-order valence-corrected chi connectivity index (χ0v) is 20.7. The van der Waals surface area contributed by atoms with E-state index in [0.717, 1.165) is 51.0 Å². The minimum absolute atomic E-state index is 0.0504. The Hall–Kier alpha value is -2.26. The average molecular weight is 478 g/mol. The van der Waals surface area contributed by atoms with Gasteiger partial charge in [-0.05, 0) is 76.5 Å². The molecule has 180 valence electrons. The number of hydrogen-bond donors (Lipinski definition) is 0. The number of anilines is 2. The maximum absolute atomic E-state index is 14.7. The molecule has 1 aromatic carbocycles. The Morgan fingerprint density at radius 1 is 1.21 bits per heavy atom. The van der Waals surface area contributed by atoms with Crippen molar-refractivity contribution in [3.8, 4) is 5.88 Å². The van der Waals surface area contributed by atoms with E-state index in [4.69, 9.17) is 9.47 Å². The van der Waals surface area contributed by atoms with Crippen molar-refractivity contribution >= 4 is 21.3 Å². The van der Waals surface area contributed by atoms with Crippen molar-refractivity contribution in [1.82, 2.24) is 9.97 Å². The monoisotopic (exact) mass is 477 g/mol. The smallest absolute Gasteiger partial charge is 0.221 e. The van der Waals surface area contributed by atoms with Gasteiger partial charge in [0.15, 0.2) is 9.84 Å². The molecule has 2 heterocycles. The molecule has 1 spiro atoms. The van der Waals surface area contributed by atoms with Crippen molar-refractivity contribution in [1.29, 1.82) is 0 Å². The van der Waals surface area contributed by atoms with Gasteiger partial charge in [-0.15, -0.1) is 0 Å². The van der Waals surface area contributed by atoms with Crippen molar-refractivity contribution in [2.75, 3.05) is 24.8 Å². The largest absolute Gasteiger partial charge is 0.474 e. The van der Waals surface area contributed by atoms with E-state index >= 15 is 0 Å². The highest BCUT2D eigenvalue weighted by Crippen LogP contribution is 2.49. The van der Waals surface area contributed by atoms with Crippen LogP contribution in [0.25, 0.3) is 0 Å². The summed E-state index contributed by atoms with van der Waals surface area (Å²) in [5.74, 6) is 0.355. The predicted molar refractivity (Wildman–Crippen MR) is 124 cm³/mol. The molecule has 9 heteroatoms. The van der Waals surface area contributed by atoms with Gasteiger partial charge in [-0.2, -0.15) is 0 Å². The Morgan fingerprint density at radius 2 is 1.91 bits per heavy atom. The maximum atomic E-state index is 14.7. The van der Waals surface area contributed by atoms with Gasteiger partial charge in [0.1, 0.15) is 24.1 Å². The van der Waals surface area contributed by atoms with E-state index in [1.165, 1.54) is 18.5 Å². The standard InChI is InChI=1S/C24H32FN3O4S/c1-16-21(28(4)20-7-6-18(12-19(20)25)33(5,29)30)26-15-27-22(16)32-17-8-10-24(11-9-17)13-23(2,3)31-14-24/h6-7,12,15,17H,8-11,13-14H2,1-5H3. The van der Waals surface area contributed by atoms with E-state index in [0.29, 0.717) is 17.3 Å². The second kappa shape index (κ2) is 8.51. The van der Waals surface area contributed by atoms with Crippen molar-refractivity contribution in [2.45, 2.75) is 69.5 Å². The lowest BCUT2D eigenvalue weighted by molar-refractivity contribution is 0.0228. The molecular formula is C24H32FN3O4S. The second-order valence-electron chi connectivity index (χ2n) is 10.1. The van der Waals surface area contributed by atoms with Gasteiger partial charge in [-0.25, -0.2) is 22.8 Å². The van der Waals surface area contributed by atoms with E-state index < -0.39 is 15.7 Å². The zero-order valence-electron chi connectivity index (χ0n) is 19.9. The SMILES string of the molecule is Cc1c(OC2CCC3(CC2)COC(C)(C)C3)ncnc1N(C)c1ccc(S(C)(=O)=O)cc1F. The van der Waals surface area contributed by atoms with Gasteiger partial charge < -0.3 is 14.4 Å². The third-order valence-electron chi connectivity index (χ3n) is 6.88. The predicted octanol–water partition coefficient (Wildman–Crippen LogP) is 4.60. The molecule has 33 heavy (non-hydrogen) atoms. The highest BCUT2D eigenvalue weighted by Gasteiger charge is 2.46. The highest BCUT2D eigenvalue weighted by molar-refractivity contribution is 7.90. The summed E-state index contributed by atoms with van der Waals surface area (Å²) in [6, 6.07) is 3.87. The molecule has 0 amide bonds. The van der Waals surface area contributed by atoms with Gasteiger partial charge in [0.25, 0.3) is 0 Å². The molecule has 0 atom stereocenters. The van der Waals surface area contributed by atoms with Gasteiger partial charge >= 0.3 is 0 Å². The van der Waals surface area contributed by atoms with Crippen LogP contribution < -0.4 is 9.64 Å². The van der Waals surface area contributed by atoms with Crippen LogP contribution in [-0.2, 0) is 14.6 Å². The van der Waals surface area contributed by atoms with Crippen LogP contribution in [0.15, 0.2) is 29.4 Å². The third kappa shape index (κ3) is 4.99. The van der Waals surface area contributed by atoms with Crippen LogP contribution >= 0.6 is 0 Å². The average Bonchev–Trinajstić information content (AvgIpc) is 3.04. The van der Waals surface area contributed by atoms with Crippen LogP contribution in [0, 0.1) is 18.2 Å². The van der Waals surface area contributed by atoms with Gasteiger partial charge in [-0.1, -0.05) is 0 Å². The number of sulfone groups is 1. The van der Waals surface area contributed by atoms with Crippen molar-refractivity contribution in [2.24, 2.45) is 5.41 Å². The summed E-state index contributed by atoms with van der Waals surface area (Å²) in [6.45, 7) is 6.98. The fraction of sp³-hybridized carbons (Fsp3) is 0.583. The lowest BCUT2D eigenvalue weighted by Gasteiger charge is -2.36. The van der Waals surface area contributed by atoms with Crippen LogP contribution in [0.2, 0.25) is 0 Å². The van der Waals surface area contributed by atoms with E-state index in [2.05, 4.69) is 23.8 Å². The summed E-state index contributed by atoms with van der Waals surface area (Å²) in [5.41, 5.74) is 1.13. The third-order valence-corrected chi connectivity index (χ3v) is 7.99. The number of rotatable bonds is 5. The lowest BCUT2D eigenvalue weighted by atomic mass is 9.70. The van der Waals surface area contributed by atoms with Crippen molar-refractivity contribution < 1.29 is 22.3 Å². The minimum atomic E-state index is -3.49. The summed E-state index contributed by atoms with van der Waals surface area (Å²) in [6.07, 6.45) is 7.62. The molecular weight excluding hydrogens is 445 g/mol. The summed E-state index contributed by atoms with van der Waals surface area (Å²) in [7, 11) is -1.81. The molecule has 0 bridgehead atoms. The van der Waals surface area contributed by atoms with E-state index in [9.17, 15) is 12.8 Å². The summed E-state index contributed by atoms with van der Waals surface area (Å²) < 4.78 is 50.4. The number of benzene rings is 1. The first-order chi connectivity index (χ1) is 15.4. The minimum Gasteiger partial charge on any atom is -0.474 e. The molecule has 2 fully saturated rings. The summed E-state index contributed by atoms with van der Waals surface area (Å²) in [4.78, 5) is 10.2. The fourth-order valence-electron chi connectivity index (χ4n) is 5.14.